The molecule has 1 aromatic rings. The van der Waals surface area contributed by atoms with Gasteiger partial charge in [-0.25, -0.2) is 0 Å². The van der Waals surface area contributed by atoms with E-state index in [4.69, 9.17) is 5.73 Å². The van der Waals surface area contributed by atoms with Crippen LogP contribution in [0.3, 0.4) is 0 Å². The van der Waals surface area contributed by atoms with Gasteiger partial charge in [0.2, 0.25) is 0 Å². The van der Waals surface area contributed by atoms with Gasteiger partial charge in [-0.2, -0.15) is 0 Å². The van der Waals surface area contributed by atoms with E-state index in [0.717, 1.165) is 25.4 Å². The Morgan fingerprint density at radius 3 is 2.35 bits per heavy atom. The zero-order valence-electron chi connectivity index (χ0n) is 13.1. The van der Waals surface area contributed by atoms with Gasteiger partial charge in [-0.3, -0.25) is 4.90 Å². The number of nitrogens with two attached hydrogens (primary N) is 1. The monoisotopic (exact) mass is 274 g/mol. The van der Waals surface area contributed by atoms with Crippen molar-refractivity contribution in [1.29, 1.82) is 0 Å². The molecule has 0 aliphatic heterocycles. The first-order valence-corrected chi connectivity index (χ1v) is 8.19. The highest BCUT2D eigenvalue weighted by molar-refractivity contribution is 5.18. The molecule has 1 aromatic carbocycles. The summed E-state index contributed by atoms with van der Waals surface area (Å²) in [4.78, 5) is 2.61. The van der Waals surface area contributed by atoms with Gasteiger partial charge in [0.25, 0.3) is 0 Å². The van der Waals surface area contributed by atoms with Crippen LogP contribution in [0.1, 0.15) is 51.0 Å². The van der Waals surface area contributed by atoms with Crippen LogP contribution in [-0.4, -0.2) is 30.1 Å². The van der Waals surface area contributed by atoms with Gasteiger partial charge >= 0.3 is 0 Å². The fraction of sp³-hybridized carbons (Fsp3) is 0.667. The Hall–Kier alpha value is -0.860. The van der Waals surface area contributed by atoms with E-state index in [0.29, 0.717) is 0 Å². The van der Waals surface area contributed by atoms with Crippen LogP contribution in [0.15, 0.2) is 30.3 Å². The maximum absolute atomic E-state index is 6.23. The van der Waals surface area contributed by atoms with E-state index in [1.54, 1.807) is 0 Å². The number of hydrogen-bond donors (Lipinski definition) is 1. The lowest BCUT2D eigenvalue weighted by molar-refractivity contribution is 0.0537. The molecule has 0 saturated heterocycles. The van der Waals surface area contributed by atoms with Gasteiger partial charge in [-0.15, -0.1) is 0 Å². The summed E-state index contributed by atoms with van der Waals surface area (Å²) in [7, 11) is 2.30. The molecule has 1 aliphatic rings. The normalized spacial score (nSPS) is 20.0. The molecule has 20 heavy (non-hydrogen) atoms. The molecule has 0 aromatic heterocycles. The molecule has 1 fully saturated rings. The van der Waals surface area contributed by atoms with Crippen LogP contribution in [0, 0.1) is 0 Å². The van der Waals surface area contributed by atoms with Crippen LogP contribution >= 0.6 is 0 Å². The molecule has 1 saturated carbocycles. The fourth-order valence-corrected chi connectivity index (χ4v) is 3.69. The van der Waals surface area contributed by atoms with Crippen molar-refractivity contribution in [2.45, 2.75) is 63.5 Å². The molecule has 0 spiro atoms. The largest absolute Gasteiger partial charge is 0.329 e. The molecule has 112 valence electrons. The summed E-state index contributed by atoms with van der Waals surface area (Å²) in [5, 5.41) is 0. The van der Waals surface area contributed by atoms with Crippen molar-refractivity contribution in [3.05, 3.63) is 35.9 Å². The second kappa shape index (κ2) is 7.24. The van der Waals surface area contributed by atoms with E-state index >= 15 is 0 Å². The summed E-state index contributed by atoms with van der Waals surface area (Å²) in [5.41, 5.74) is 7.75. The molecule has 1 atom stereocenters. The van der Waals surface area contributed by atoms with E-state index in [9.17, 15) is 0 Å². The Bertz CT molecular complexity index is 378. The van der Waals surface area contributed by atoms with Gasteiger partial charge in [0.05, 0.1) is 0 Å². The number of benzene rings is 1. The second-order valence-corrected chi connectivity index (χ2v) is 6.35. The van der Waals surface area contributed by atoms with Crippen molar-refractivity contribution < 1.29 is 0 Å². The average molecular weight is 274 g/mol. The van der Waals surface area contributed by atoms with Crippen LogP contribution in [0.5, 0.6) is 0 Å². The molecule has 0 radical (unpaired) electrons. The van der Waals surface area contributed by atoms with Gasteiger partial charge in [0, 0.05) is 18.1 Å². The zero-order chi connectivity index (χ0) is 14.4. The molecule has 1 aliphatic carbocycles. The Kier molecular flexibility index (Phi) is 5.62. The predicted octanol–water partition coefficient (Wildman–Crippen LogP) is 3.60. The smallest absolute Gasteiger partial charge is 0.0369 e. The van der Waals surface area contributed by atoms with Crippen molar-refractivity contribution in [3.8, 4) is 0 Å². The van der Waals surface area contributed by atoms with Crippen molar-refractivity contribution >= 4 is 0 Å². The van der Waals surface area contributed by atoms with Crippen LogP contribution in [0.2, 0.25) is 0 Å². The van der Waals surface area contributed by atoms with Crippen molar-refractivity contribution in [1.82, 2.24) is 4.90 Å². The minimum Gasteiger partial charge on any atom is -0.329 e. The second-order valence-electron chi connectivity index (χ2n) is 6.35. The van der Waals surface area contributed by atoms with Crippen LogP contribution in [0.4, 0.5) is 0 Å². The SMILES string of the molecule is CCC(CN)(Cc1ccccc1)N(C)C1CCCCC1. The van der Waals surface area contributed by atoms with E-state index in [1.165, 1.54) is 37.7 Å². The molecule has 2 nitrogen and oxygen atoms in total. The topological polar surface area (TPSA) is 29.3 Å². The fourth-order valence-electron chi connectivity index (χ4n) is 3.69. The molecular weight excluding hydrogens is 244 g/mol. The Morgan fingerprint density at radius 2 is 1.80 bits per heavy atom. The standard InChI is InChI=1S/C18H30N2/c1-3-18(15-19,14-16-10-6-4-7-11-16)20(2)17-12-8-5-9-13-17/h4,6-7,10-11,17H,3,5,8-9,12-15,19H2,1-2H3. The number of hydrogen-bond acceptors (Lipinski definition) is 2. The predicted molar refractivity (Wildman–Crippen MR) is 86.9 cm³/mol. The molecule has 2 rings (SSSR count). The number of likely N-dealkylation sites (N-methyl/N-ethyl adjacent to an activating group) is 1. The molecule has 2 N–H and O–H groups in total. The van der Waals surface area contributed by atoms with E-state index in [1.807, 2.05) is 0 Å². The van der Waals surface area contributed by atoms with Gasteiger partial charge < -0.3 is 5.73 Å². The molecular formula is C18H30N2. The summed E-state index contributed by atoms with van der Waals surface area (Å²) >= 11 is 0. The third-order valence-corrected chi connectivity index (χ3v) is 5.28. The highest BCUT2D eigenvalue weighted by Crippen LogP contribution is 2.31. The number of rotatable bonds is 6. The lowest BCUT2D eigenvalue weighted by atomic mass is 9.83. The first-order valence-electron chi connectivity index (χ1n) is 8.19. The first kappa shape index (κ1) is 15.5. The quantitative estimate of drug-likeness (QED) is 0.859. The van der Waals surface area contributed by atoms with E-state index in [-0.39, 0.29) is 5.54 Å². The van der Waals surface area contributed by atoms with Gasteiger partial charge in [-0.1, -0.05) is 56.5 Å². The Balaban J connectivity index is 2.14. The molecule has 2 heteroatoms. The van der Waals surface area contributed by atoms with E-state index < -0.39 is 0 Å². The summed E-state index contributed by atoms with van der Waals surface area (Å²) in [6.45, 7) is 3.03. The molecule has 1 unspecified atom stereocenters. The highest BCUT2D eigenvalue weighted by atomic mass is 15.2. The molecule has 0 bridgehead atoms. The van der Waals surface area contributed by atoms with Crippen LogP contribution in [-0.2, 0) is 6.42 Å². The third kappa shape index (κ3) is 3.42. The Morgan fingerprint density at radius 1 is 1.15 bits per heavy atom. The van der Waals surface area contributed by atoms with Gasteiger partial charge in [0.1, 0.15) is 0 Å². The maximum Gasteiger partial charge on any atom is 0.0369 e. The lowest BCUT2D eigenvalue weighted by Gasteiger charge is -2.46. The molecule has 0 heterocycles. The third-order valence-electron chi connectivity index (χ3n) is 5.28. The summed E-state index contributed by atoms with van der Waals surface area (Å²) in [6.07, 6.45) is 9.03. The first-order chi connectivity index (χ1) is 9.72. The minimum atomic E-state index is 0.114. The van der Waals surface area contributed by atoms with Crippen molar-refractivity contribution in [2.75, 3.05) is 13.6 Å². The van der Waals surface area contributed by atoms with Crippen LogP contribution < -0.4 is 5.73 Å². The lowest BCUT2D eigenvalue weighted by Crippen LogP contribution is -2.57. The van der Waals surface area contributed by atoms with Crippen molar-refractivity contribution in [3.63, 3.8) is 0 Å². The maximum atomic E-state index is 6.23. The number of nitrogens with zero attached hydrogens (tertiary/aromatic N) is 1. The summed E-state index contributed by atoms with van der Waals surface area (Å²) < 4.78 is 0. The van der Waals surface area contributed by atoms with E-state index in [2.05, 4.69) is 49.2 Å². The minimum absolute atomic E-state index is 0.114. The molecule has 0 amide bonds. The zero-order valence-corrected chi connectivity index (χ0v) is 13.1. The average Bonchev–Trinajstić information content (AvgIpc) is 2.54. The highest BCUT2D eigenvalue weighted by Gasteiger charge is 2.35. The van der Waals surface area contributed by atoms with Gasteiger partial charge in [0.15, 0.2) is 0 Å². The van der Waals surface area contributed by atoms with Crippen molar-refractivity contribution in [2.24, 2.45) is 5.73 Å². The summed E-state index contributed by atoms with van der Waals surface area (Å²) in [5.74, 6) is 0. The van der Waals surface area contributed by atoms with Gasteiger partial charge in [-0.05, 0) is 38.3 Å². The Labute approximate surface area is 124 Å². The van der Waals surface area contributed by atoms with Crippen LogP contribution in [0.25, 0.3) is 0 Å². The summed E-state index contributed by atoms with van der Waals surface area (Å²) in [6, 6.07) is 11.5.